The van der Waals surface area contributed by atoms with E-state index in [1.54, 1.807) is 0 Å². The first-order chi connectivity index (χ1) is 10.1. The van der Waals surface area contributed by atoms with Gasteiger partial charge in [0.2, 0.25) is 0 Å². The molecular weight excluding hydrogens is 464 g/mol. The zero-order valence-electron chi connectivity index (χ0n) is 10.7. The van der Waals surface area contributed by atoms with Gasteiger partial charge in [-0.25, -0.2) is 0 Å². The van der Waals surface area contributed by atoms with Crippen LogP contribution in [0.5, 0.6) is 0 Å². The van der Waals surface area contributed by atoms with Crippen molar-refractivity contribution in [2.24, 2.45) is 0 Å². The molecule has 0 aliphatic rings. The number of rotatable bonds is 2. The van der Waals surface area contributed by atoms with E-state index in [2.05, 4.69) is 48.7 Å². The monoisotopic (exact) mass is 473 g/mol. The molecule has 0 unspecified atom stereocenters. The standard InChI is InChI=1S/C15H10BrClIN3/c16-10-4-2-1-3-9(10)13-14(20-21-15(13)19)8-5-6-12(18)11(17)7-8/h1-7H,(H3,19,20,21). The van der Waals surface area contributed by atoms with Gasteiger partial charge in [0.1, 0.15) is 0 Å². The number of halogens is 3. The molecule has 0 fully saturated rings. The van der Waals surface area contributed by atoms with Crippen LogP contribution in [0.4, 0.5) is 5.82 Å². The van der Waals surface area contributed by atoms with E-state index in [4.69, 9.17) is 17.3 Å². The zero-order chi connectivity index (χ0) is 15.0. The van der Waals surface area contributed by atoms with Gasteiger partial charge in [0.05, 0.1) is 16.3 Å². The summed E-state index contributed by atoms with van der Waals surface area (Å²) in [4.78, 5) is 0. The molecule has 0 amide bonds. The van der Waals surface area contributed by atoms with Gasteiger partial charge in [-0.15, -0.1) is 0 Å². The minimum Gasteiger partial charge on any atom is -0.382 e. The number of hydrogen-bond donors (Lipinski definition) is 2. The Hall–Kier alpha value is -1.05. The lowest BCUT2D eigenvalue weighted by Crippen LogP contribution is -1.90. The van der Waals surface area contributed by atoms with Crippen LogP contribution in [-0.4, -0.2) is 10.2 Å². The van der Waals surface area contributed by atoms with Gasteiger partial charge < -0.3 is 5.73 Å². The third-order valence-electron chi connectivity index (χ3n) is 3.15. The Morgan fingerprint density at radius 3 is 2.67 bits per heavy atom. The van der Waals surface area contributed by atoms with Crippen molar-refractivity contribution in [3.63, 3.8) is 0 Å². The highest BCUT2D eigenvalue weighted by atomic mass is 127. The average molecular weight is 475 g/mol. The quantitative estimate of drug-likeness (QED) is 0.492. The highest BCUT2D eigenvalue weighted by Crippen LogP contribution is 2.39. The van der Waals surface area contributed by atoms with Gasteiger partial charge in [0.15, 0.2) is 5.82 Å². The van der Waals surface area contributed by atoms with Crippen LogP contribution in [0.1, 0.15) is 0 Å². The largest absolute Gasteiger partial charge is 0.382 e. The van der Waals surface area contributed by atoms with Gasteiger partial charge in [-0.1, -0.05) is 51.8 Å². The highest BCUT2D eigenvalue weighted by Gasteiger charge is 2.17. The molecule has 0 saturated heterocycles. The molecule has 1 aromatic heterocycles. The number of hydrogen-bond acceptors (Lipinski definition) is 2. The highest BCUT2D eigenvalue weighted by molar-refractivity contribution is 14.1. The predicted octanol–water partition coefficient (Wildman–Crippen LogP) is 5.35. The van der Waals surface area contributed by atoms with E-state index in [1.165, 1.54) is 0 Å². The van der Waals surface area contributed by atoms with E-state index < -0.39 is 0 Å². The molecule has 0 spiro atoms. The molecule has 3 aromatic rings. The number of H-pyrrole nitrogens is 1. The minimum absolute atomic E-state index is 0.464. The molecule has 6 heteroatoms. The van der Waals surface area contributed by atoms with E-state index in [0.717, 1.165) is 30.4 Å². The van der Waals surface area contributed by atoms with Gasteiger partial charge >= 0.3 is 0 Å². The van der Waals surface area contributed by atoms with Crippen LogP contribution >= 0.6 is 50.1 Å². The van der Waals surface area contributed by atoms with Crippen LogP contribution in [0.2, 0.25) is 5.02 Å². The second kappa shape index (κ2) is 5.98. The Labute approximate surface area is 149 Å². The van der Waals surface area contributed by atoms with Crippen molar-refractivity contribution >= 4 is 55.9 Å². The molecule has 0 radical (unpaired) electrons. The second-order valence-corrected chi connectivity index (χ2v) is 6.89. The summed E-state index contributed by atoms with van der Waals surface area (Å²) in [7, 11) is 0. The van der Waals surface area contributed by atoms with Crippen molar-refractivity contribution in [1.82, 2.24) is 10.2 Å². The third-order valence-corrected chi connectivity index (χ3v) is 5.41. The molecule has 21 heavy (non-hydrogen) atoms. The number of aromatic nitrogens is 2. The van der Waals surface area contributed by atoms with Crippen molar-refractivity contribution in [1.29, 1.82) is 0 Å². The van der Waals surface area contributed by atoms with Crippen molar-refractivity contribution in [3.05, 3.63) is 55.5 Å². The number of nitrogen functional groups attached to an aromatic ring is 1. The molecule has 1 heterocycles. The summed E-state index contributed by atoms with van der Waals surface area (Å²) in [5, 5.41) is 7.86. The fourth-order valence-electron chi connectivity index (χ4n) is 2.15. The third kappa shape index (κ3) is 2.82. The average Bonchev–Trinajstić information content (AvgIpc) is 2.84. The molecule has 106 valence electrons. The summed E-state index contributed by atoms with van der Waals surface area (Å²) >= 11 is 12.0. The van der Waals surface area contributed by atoms with Crippen LogP contribution < -0.4 is 5.73 Å². The Balaban J connectivity index is 2.22. The fourth-order valence-corrected chi connectivity index (χ4v) is 3.15. The maximum absolute atomic E-state index is 6.22. The van der Waals surface area contributed by atoms with Crippen LogP contribution in [0, 0.1) is 3.57 Å². The molecule has 3 rings (SSSR count). The number of nitrogens with two attached hydrogens (primary N) is 1. The smallest absolute Gasteiger partial charge is 0.153 e. The number of nitrogens with zero attached hydrogens (tertiary/aromatic N) is 1. The molecule has 3 N–H and O–H groups in total. The second-order valence-electron chi connectivity index (χ2n) is 4.47. The molecule has 2 aromatic carbocycles. The maximum atomic E-state index is 6.22. The Kier molecular flexibility index (Phi) is 4.24. The van der Waals surface area contributed by atoms with E-state index >= 15 is 0 Å². The number of aromatic amines is 1. The first-order valence-electron chi connectivity index (χ1n) is 6.12. The Morgan fingerprint density at radius 1 is 1.19 bits per heavy atom. The zero-order valence-corrected chi connectivity index (χ0v) is 15.2. The number of anilines is 1. The molecular formula is C15H10BrClIN3. The van der Waals surface area contributed by atoms with E-state index in [9.17, 15) is 0 Å². The maximum Gasteiger partial charge on any atom is 0.153 e. The van der Waals surface area contributed by atoms with E-state index in [1.807, 2.05) is 42.5 Å². The Bertz CT molecular complexity index is 816. The van der Waals surface area contributed by atoms with Crippen LogP contribution in [0.3, 0.4) is 0 Å². The van der Waals surface area contributed by atoms with Crippen molar-refractivity contribution < 1.29 is 0 Å². The molecule has 0 aliphatic heterocycles. The lowest BCUT2D eigenvalue weighted by molar-refractivity contribution is 1.10. The minimum atomic E-state index is 0.464. The summed E-state index contributed by atoms with van der Waals surface area (Å²) in [5.41, 5.74) is 9.73. The molecule has 0 saturated carbocycles. The summed E-state index contributed by atoms with van der Waals surface area (Å²) in [6.07, 6.45) is 0. The molecule has 0 aliphatic carbocycles. The first kappa shape index (κ1) is 14.9. The van der Waals surface area contributed by atoms with Crippen LogP contribution in [0.25, 0.3) is 22.4 Å². The normalized spacial score (nSPS) is 10.8. The van der Waals surface area contributed by atoms with E-state index in [-0.39, 0.29) is 0 Å². The lowest BCUT2D eigenvalue weighted by Gasteiger charge is -2.08. The summed E-state index contributed by atoms with van der Waals surface area (Å²) in [6.45, 7) is 0. The fraction of sp³-hybridized carbons (Fsp3) is 0. The summed E-state index contributed by atoms with van der Waals surface area (Å²) < 4.78 is 1.98. The van der Waals surface area contributed by atoms with Crippen LogP contribution in [0.15, 0.2) is 46.9 Å². The van der Waals surface area contributed by atoms with Gasteiger partial charge in [-0.2, -0.15) is 5.10 Å². The van der Waals surface area contributed by atoms with Crippen molar-refractivity contribution in [2.75, 3.05) is 5.73 Å². The van der Waals surface area contributed by atoms with Gasteiger partial charge in [0.25, 0.3) is 0 Å². The van der Waals surface area contributed by atoms with Crippen LogP contribution in [-0.2, 0) is 0 Å². The van der Waals surface area contributed by atoms with Gasteiger partial charge in [-0.3, -0.25) is 5.10 Å². The lowest BCUT2D eigenvalue weighted by atomic mass is 10.0. The molecule has 0 bridgehead atoms. The summed E-state index contributed by atoms with van der Waals surface area (Å²) in [6, 6.07) is 13.8. The first-order valence-corrected chi connectivity index (χ1v) is 8.37. The molecule has 3 nitrogen and oxygen atoms in total. The Morgan fingerprint density at radius 2 is 1.95 bits per heavy atom. The number of benzene rings is 2. The SMILES string of the molecule is Nc1n[nH]c(-c2ccc(I)c(Cl)c2)c1-c1ccccc1Br. The van der Waals surface area contributed by atoms with Crippen molar-refractivity contribution in [2.45, 2.75) is 0 Å². The van der Waals surface area contributed by atoms with Gasteiger partial charge in [0, 0.05) is 19.2 Å². The predicted molar refractivity (Wildman–Crippen MR) is 99.3 cm³/mol. The van der Waals surface area contributed by atoms with E-state index in [0.29, 0.717) is 10.8 Å². The molecule has 0 atom stereocenters. The topological polar surface area (TPSA) is 54.7 Å². The van der Waals surface area contributed by atoms with Gasteiger partial charge in [-0.05, 0) is 40.8 Å². The van der Waals surface area contributed by atoms with Crippen molar-refractivity contribution in [3.8, 4) is 22.4 Å². The number of nitrogens with one attached hydrogen (secondary N) is 1. The summed E-state index contributed by atoms with van der Waals surface area (Å²) in [5.74, 6) is 0.464.